The zero-order valence-corrected chi connectivity index (χ0v) is 21.0. The summed E-state index contributed by atoms with van der Waals surface area (Å²) < 4.78 is 6.90. The lowest BCUT2D eigenvalue weighted by Gasteiger charge is -2.32. The molecule has 1 N–H and O–H groups in total. The van der Waals surface area contributed by atoms with Gasteiger partial charge in [-0.25, -0.2) is 4.68 Å². The number of amides is 2. The molecule has 0 bridgehead atoms. The summed E-state index contributed by atoms with van der Waals surface area (Å²) in [5.41, 5.74) is 2.09. The molecule has 1 aliphatic carbocycles. The highest BCUT2D eigenvalue weighted by Crippen LogP contribution is 2.33. The molecule has 9 heteroatoms. The minimum Gasteiger partial charge on any atom is -0.497 e. The monoisotopic (exact) mass is 503 g/mol. The number of nitrogens with zero attached hydrogens (tertiary/aromatic N) is 4. The van der Waals surface area contributed by atoms with E-state index in [9.17, 15) is 9.59 Å². The first kappa shape index (κ1) is 24.0. The van der Waals surface area contributed by atoms with Gasteiger partial charge >= 0.3 is 0 Å². The Bertz CT molecular complexity index is 1310. The maximum absolute atomic E-state index is 14.0. The molecular weight excluding hydrogens is 474 g/mol. The van der Waals surface area contributed by atoms with Gasteiger partial charge in [0.25, 0.3) is 0 Å². The predicted molar refractivity (Wildman–Crippen MR) is 140 cm³/mol. The highest BCUT2D eigenvalue weighted by molar-refractivity contribution is 7.10. The Morgan fingerprint density at radius 2 is 1.86 bits per heavy atom. The predicted octanol–water partition coefficient (Wildman–Crippen LogP) is 4.72. The molecule has 0 saturated heterocycles. The van der Waals surface area contributed by atoms with Gasteiger partial charge in [0.1, 0.15) is 23.9 Å². The van der Waals surface area contributed by atoms with E-state index in [1.54, 1.807) is 28.8 Å². The third kappa shape index (κ3) is 5.11. The van der Waals surface area contributed by atoms with Crippen LogP contribution in [0.2, 0.25) is 0 Å². The van der Waals surface area contributed by atoms with E-state index >= 15 is 0 Å². The number of benzene rings is 2. The number of carbonyl (C=O) groups is 2. The van der Waals surface area contributed by atoms with E-state index in [1.165, 1.54) is 17.8 Å². The summed E-state index contributed by atoms with van der Waals surface area (Å²) in [5, 5.41) is 13.5. The summed E-state index contributed by atoms with van der Waals surface area (Å²) in [4.78, 5) is 30.2. The molecule has 2 aromatic heterocycles. The number of aromatic nitrogens is 3. The Kier molecular flexibility index (Phi) is 7.27. The van der Waals surface area contributed by atoms with E-state index in [2.05, 4.69) is 15.6 Å². The Morgan fingerprint density at radius 3 is 2.58 bits per heavy atom. The molecule has 5 rings (SSSR count). The summed E-state index contributed by atoms with van der Waals surface area (Å²) in [6, 6.07) is 17.9. The molecule has 186 valence electrons. The first-order chi connectivity index (χ1) is 17.6. The second kappa shape index (κ2) is 10.9. The molecular formula is C27H29N5O3S. The second-order valence-electron chi connectivity index (χ2n) is 8.96. The van der Waals surface area contributed by atoms with Crippen molar-refractivity contribution >= 4 is 39.9 Å². The Hall–Kier alpha value is -3.72. The van der Waals surface area contributed by atoms with Crippen molar-refractivity contribution in [3.05, 3.63) is 70.9 Å². The van der Waals surface area contributed by atoms with Crippen LogP contribution < -0.4 is 15.0 Å². The molecule has 0 unspecified atom stereocenters. The molecule has 0 aliphatic heterocycles. The van der Waals surface area contributed by atoms with Crippen LogP contribution in [0.1, 0.15) is 43.0 Å². The third-order valence-electron chi connectivity index (χ3n) is 6.60. The Balaban J connectivity index is 1.52. The van der Waals surface area contributed by atoms with Gasteiger partial charge in [-0.3, -0.25) is 14.5 Å². The standard InChI is InChI=1S/C27H29N5O3S/c1-35-21-15-13-20(14-16-21)32(25(33)18-31-23-11-6-5-10-22(23)29-30-31)26(24-12-7-17-36-24)27(34)28-19-8-3-2-4-9-19/h5-7,10-17,19,26H,2-4,8-9,18H2,1H3,(H,28,34)/t26-/m1/s1. The average molecular weight is 504 g/mol. The first-order valence-electron chi connectivity index (χ1n) is 12.2. The summed E-state index contributed by atoms with van der Waals surface area (Å²) in [7, 11) is 1.60. The maximum Gasteiger partial charge on any atom is 0.249 e. The molecule has 8 nitrogen and oxygen atoms in total. The smallest absolute Gasteiger partial charge is 0.249 e. The zero-order chi connectivity index (χ0) is 24.9. The van der Waals surface area contributed by atoms with E-state index in [0.29, 0.717) is 17.0 Å². The van der Waals surface area contributed by atoms with Crippen molar-refractivity contribution in [2.24, 2.45) is 0 Å². The van der Waals surface area contributed by atoms with Crippen molar-refractivity contribution in [2.45, 2.75) is 50.7 Å². The normalized spacial score (nSPS) is 14.9. The molecule has 1 atom stereocenters. The van der Waals surface area contributed by atoms with E-state index in [4.69, 9.17) is 4.74 Å². The molecule has 2 amide bonds. The van der Waals surface area contributed by atoms with Crippen LogP contribution in [-0.4, -0.2) is 40.0 Å². The molecule has 1 aliphatic rings. The van der Waals surface area contributed by atoms with Crippen LogP contribution in [0.5, 0.6) is 5.75 Å². The van der Waals surface area contributed by atoms with Crippen LogP contribution in [0.4, 0.5) is 5.69 Å². The van der Waals surface area contributed by atoms with Gasteiger partial charge in [-0.2, -0.15) is 0 Å². The minimum atomic E-state index is -0.803. The fourth-order valence-electron chi connectivity index (χ4n) is 4.77. The third-order valence-corrected chi connectivity index (χ3v) is 7.52. The van der Waals surface area contributed by atoms with Crippen molar-refractivity contribution in [2.75, 3.05) is 12.0 Å². The van der Waals surface area contributed by atoms with Crippen LogP contribution in [-0.2, 0) is 16.1 Å². The van der Waals surface area contributed by atoms with Crippen molar-refractivity contribution in [1.82, 2.24) is 20.3 Å². The van der Waals surface area contributed by atoms with Gasteiger partial charge in [0.05, 0.1) is 12.6 Å². The van der Waals surface area contributed by atoms with Crippen molar-refractivity contribution in [1.29, 1.82) is 0 Å². The lowest BCUT2D eigenvalue weighted by atomic mass is 9.95. The fourth-order valence-corrected chi connectivity index (χ4v) is 5.58. The number of para-hydroxylation sites is 1. The van der Waals surface area contributed by atoms with E-state index in [0.717, 1.165) is 36.1 Å². The maximum atomic E-state index is 14.0. The van der Waals surface area contributed by atoms with Gasteiger partial charge in [0, 0.05) is 16.6 Å². The second-order valence-corrected chi connectivity index (χ2v) is 9.94. The largest absolute Gasteiger partial charge is 0.497 e. The van der Waals surface area contributed by atoms with Gasteiger partial charge in [-0.05, 0) is 60.7 Å². The van der Waals surface area contributed by atoms with E-state index < -0.39 is 6.04 Å². The lowest BCUT2D eigenvalue weighted by molar-refractivity contribution is -0.127. The first-order valence-corrected chi connectivity index (χ1v) is 13.1. The molecule has 1 fully saturated rings. The van der Waals surface area contributed by atoms with Crippen LogP contribution in [0.25, 0.3) is 11.0 Å². The molecule has 2 aromatic carbocycles. The topological polar surface area (TPSA) is 89.3 Å². The number of ether oxygens (including phenoxy) is 1. The van der Waals surface area contributed by atoms with Gasteiger partial charge in [-0.15, -0.1) is 16.4 Å². The lowest BCUT2D eigenvalue weighted by Crippen LogP contribution is -2.48. The number of carbonyl (C=O) groups excluding carboxylic acids is 2. The van der Waals surface area contributed by atoms with E-state index in [1.807, 2.05) is 53.9 Å². The minimum absolute atomic E-state index is 0.0505. The molecule has 1 saturated carbocycles. The van der Waals surface area contributed by atoms with Crippen LogP contribution in [0.15, 0.2) is 66.0 Å². The number of anilines is 1. The highest BCUT2D eigenvalue weighted by atomic mass is 32.1. The Labute approximate surface area is 213 Å². The number of rotatable bonds is 8. The number of nitrogens with one attached hydrogen (secondary N) is 1. The quantitative estimate of drug-likeness (QED) is 0.376. The SMILES string of the molecule is COc1ccc(N(C(=O)Cn2nnc3ccccc32)[C@@H](C(=O)NC2CCCCC2)c2cccs2)cc1. The zero-order valence-electron chi connectivity index (χ0n) is 20.2. The number of fused-ring (bicyclic) bond motifs is 1. The highest BCUT2D eigenvalue weighted by Gasteiger charge is 2.35. The summed E-state index contributed by atoms with van der Waals surface area (Å²) in [6.45, 7) is -0.0505. The molecule has 4 aromatic rings. The number of thiophene rings is 1. The van der Waals surface area contributed by atoms with Crippen molar-refractivity contribution in [3.63, 3.8) is 0 Å². The van der Waals surface area contributed by atoms with Crippen molar-refractivity contribution < 1.29 is 14.3 Å². The molecule has 2 heterocycles. The van der Waals surface area contributed by atoms with Gasteiger partial charge in [0.2, 0.25) is 11.8 Å². The number of methoxy groups -OCH3 is 1. The fraction of sp³-hybridized carbons (Fsp3) is 0.333. The summed E-state index contributed by atoms with van der Waals surface area (Å²) in [6.07, 6.45) is 5.34. The van der Waals surface area contributed by atoms with Gasteiger partial charge in [0.15, 0.2) is 0 Å². The van der Waals surface area contributed by atoms with E-state index in [-0.39, 0.29) is 24.4 Å². The van der Waals surface area contributed by atoms with Gasteiger partial charge in [-0.1, -0.05) is 42.7 Å². The van der Waals surface area contributed by atoms with Crippen LogP contribution in [0.3, 0.4) is 0 Å². The number of hydrogen-bond acceptors (Lipinski definition) is 6. The molecule has 36 heavy (non-hydrogen) atoms. The Morgan fingerprint density at radius 1 is 1.08 bits per heavy atom. The summed E-state index contributed by atoms with van der Waals surface area (Å²) >= 11 is 1.47. The van der Waals surface area contributed by atoms with Gasteiger partial charge < -0.3 is 10.1 Å². The van der Waals surface area contributed by atoms with Crippen molar-refractivity contribution in [3.8, 4) is 5.75 Å². The summed E-state index contributed by atoms with van der Waals surface area (Å²) in [5.74, 6) is 0.248. The average Bonchev–Trinajstić information content (AvgIpc) is 3.58. The number of hydrogen-bond donors (Lipinski definition) is 1. The molecule has 0 spiro atoms. The molecule has 0 radical (unpaired) electrons. The van der Waals surface area contributed by atoms with Crippen LogP contribution >= 0.6 is 11.3 Å². The van der Waals surface area contributed by atoms with Crippen LogP contribution in [0, 0.1) is 0 Å².